The highest BCUT2D eigenvalue weighted by atomic mass is 79.9. The Morgan fingerprint density at radius 1 is 1.08 bits per heavy atom. The van der Waals surface area contributed by atoms with Crippen LogP contribution in [-0.2, 0) is 17.8 Å². The summed E-state index contributed by atoms with van der Waals surface area (Å²) in [5.74, 6) is 0.996. The van der Waals surface area contributed by atoms with Gasteiger partial charge in [-0.1, -0.05) is 60.1 Å². The van der Waals surface area contributed by atoms with Crippen molar-refractivity contribution in [3.8, 4) is 11.5 Å². The van der Waals surface area contributed by atoms with Gasteiger partial charge in [-0.2, -0.15) is 0 Å². The van der Waals surface area contributed by atoms with Crippen LogP contribution >= 0.6 is 50.9 Å². The fraction of sp³-hybridized carbons (Fsp3) is 0.222. The van der Waals surface area contributed by atoms with Gasteiger partial charge in [-0.3, -0.25) is 4.79 Å². The number of hydrogen-bond donors (Lipinski definition) is 2. The van der Waals surface area contributed by atoms with E-state index in [1.165, 1.54) is 17.3 Å². The number of carbonyl (C=O) groups excluding carboxylic acids is 1. The smallest absolute Gasteiger partial charge is 0.260 e. The van der Waals surface area contributed by atoms with E-state index in [4.69, 9.17) is 32.7 Å². The standard InChI is InChI=1S/C27H25BrCl2N2O3S/c1-3-16-5-9-20(10-6-16)31-27-32-26(33)24(36-27)13-17-11-21(28)25(23(12-17)34-4-2)35-15-18-7-8-19(29)14-22(18)30/h5-14,27,31H,3-4,15H2,1-2H3,(H,32,33)/b24-13-/t27-/m0/s1. The van der Waals surface area contributed by atoms with Crippen molar-refractivity contribution < 1.29 is 14.3 Å². The first kappa shape index (κ1) is 26.7. The first-order valence-corrected chi connectivity index (χ1v) is 13.9. The number of halogens is 3. The summed E-state index contributed by atoms with van der Waals surface area (Å²) in [4.78, 5) is 13.2. The van der Waals surface area contributed by atoms with Crippen molar-refractivity contribution in [2.75, 3.05) is 11.9 Å². The van der Waals surface area contributed by atoms with Crippen LogP contribution < -0.4 is 20.1 Å². The Labute approximate surface area is 233 Å². The van der Waals surface area contributed by atoms with Gasteiger partial charge in [0, 0.05) is 21.3 Å². The highest BCUT2D eigenvalue weighted by molar-refractivity contribution is 9.10. The molecule has 1 heterocycles. The zero-order valence-electron chi connectivity index (χ0n) is 19.7. The fourth-order valence-electron chi connectivity index (χ4n) is 3.57. The maximum atomic E-state index is 12.6. The van der Waals surface area contributed by atoms with Crippen molar-refractivity contribution in [3.63, 3.8) is 0 Å². The lowest BCUT2D eigenvalue weighted by Crippen LogP contribution is -2.30. The van der Waals surface area contributed by atoms with Gasteiger partial charge in [-0.15, -0.1) is 0 Å². The molecule has 36 heavy (non-hydrogen) atoms. The van der Waals surface area contributed by atoms with E-state index in [0.717, 1.165) is 23.2 Å². The molecule has 1 aliphatic heterocycles. The molecule has 0 spiro atoms. The van der Waals surface area contributed by atoms with Gasteiger partial charge < -0.3 is 20.1 Å². The average Bonchev–Trinajstić information content (AvgIpc) is 3.18. The second kappa shape index (κ2) is 12.3. The number of amides is 1. The molecule has 0 aliphatic carbocycles. The van der Waals surface area contributed by atoms with E-state index in [9.17, 15) is 4.79 Å². The number of nitrogens with one attached hydrogen (secondary N) is 2. The maximum Gasteiger partial charge on any atom is 0.260 e. The Morgan fingerprint density at radius 3 is 2.56 bits per heavy atom. The summed E-state index contributed by atoms with van der Waals surface area (Å²) in [6, 6.07) is 17.2. The van der Waals surface area contributed by atoms with Crippen molar-refractivity contribution >= 4 is 68.6 Å². The van der Waals surface area contributed by atoms with Crippen molar-refractivity contribution in [2.24, 2.45) is 0 Å². The summed E-state index contributed by atoms with van der Waals surface area (Å²) in [7, 11) is 0. The van der Waals surface area contributed by atoms with Gasteiger partial charge in [0.05, 0.1) is 16.0 Å². The van der Waals surface area contributed by atoms with E-state index in [0.29, 0.717) is 37.5 Å². The second-order valence-corrected chi connectivity index (χ2v) is 10.8. The highest BCUT2D eigenvalue weighted by Crippen LogP contribution is 2.39. The molecule has 1 fully saturated rings. The number of aryl methyl sites for hydroxylation is 1. The Morgan fingerprint density at radius 2 is 1.86 bits per heavy atom. The van der Waals surface area contributed by atoms with Crippen LogP contribution in [0.5, 0.6) is 11.5 Å². The van der Waals surface area contributed by atoms with Gasteiger partial charge in [0.15, 0.2) is 17.0 Å². The molecule has 3 aromatic rings. The Hall–Kier alpha value is -2.32. The molecule has 1 atom stereocenters. The number of benzene rings is 3. The highest BCUT2D eigenvalue weighted by Gasteiger charge is 2.27. The van der Waals surface area contributed by atoms with E-state index in [2.05, 4.69) is 45.6 Å². The molecule has 1 aliphatic rings. The summed E-state index contributed by atoms with van der Waals surface area (Å²) in [6.07, 6.45) is 2.83. The fourth-order valence-corrected chi connectivity index (χ4v) is 5.59. The monoisotopic (exact) mass is 606 g/mol. The Kier molecular flexibility index (Phi) is 9.12. The summed E-state index contributed by atoms with van der Waals surface area (Å²) >= 11 is 17.3. The van der Waals surface area contributed by atoms with E-state index in [1.54, 1.807) is 12.1 Å². The van der Waals surface area contributed by atoms with Crippen LogP contribution in [0.2, 0.25) is 10.0 Å². The number of thioether (sulfide) groups is 1. The normalized spacial score (nSPS) is 16.2. The van der Waals surface area contributed by atoms with Crippen molar-refractivity contribution in [2.45, 2.75) is 32.4 Å². The van der Waals surface area contributed by atoms with Gasteiger partial charge in [0.1, 0.15) is 6.61 Å². The maximum absolute atomic E-state index is 12.6. The zero-order valence-corrected chi connectivity index (χ0v) is 23.7. The second-order valence-electron chi connectivity index (χ2n) is 7.96. The average molecular weight is 608 g/mol. The number of carbonyl (C=O) groups is 1. The third-order valence-corrected chi connectivity index (χ3v) is 7.61. The quantitative estimate of drug-likeness (QED) is 0.242. The summed E-state index contributed by atoms with van der Waals surface area (Å²) in [6.45, 7) is 4.74. The molecule has 5 nitrogen and oxygen atoms in total. The largest absolute Gasteiger partial charge is 0.490 e. The molecule has 9 heteroatoms. The Bertz CT molecular complexity index is 1280. The lowest BCUT2D eigenvalue weighted by molar-refractivity contribution is -0.116. The van der Waals surface area contributed by atoms with Gasteiger partial charge in [0.25, 0.3) is 5.91 Å². The van der Waals surface area contributed by atoms with E-state index in [-0.39, 0.29) is 18.0 Å². The van der Waals surface area contributed by atoms with Gasteiger partial charge in [0.2, 0.25) is 0 Å². The summed E-state index contributed by atoms with van der Waals surface area (Å²) in [5, 5.41) is 7.42. The minimum absolute atomic E-state index is 0.130. The lowest BCUT2D eigenvalue weighted by Gasteiger charge is -2.15. The first-order valence-electron chi connectivity index (χ1n) is 11.4. The van der Waals surface area contributed by atoms with Crippen molar-refractivity contribution in [3.05, 3.63) is 90.7 Å². The molecule has 0 radical (unpaired) electrons. The molecule has 1 amide bonds. The molecule has 3 aromatic carbocycles. The molecule has 0 bridgehead atoms. The van der Waals surface area contributed by atoms with Gasteiger partial charge in [-0.25, -0.2) is 0 Å². The minimum Gasteiger partial charge on any atom is -0.490 e. The zero-order chi connectivity index (χ0) is 25.7. The SMILES string of the molecule is CCOc1cc(/C=C2\S[C@@H](Nc3ccc(CC)cc3)NC2=O)cc(Br)c1OCc1ccc(Cl)cc1Cl. The van der Waals surface area contributed by atoms with Gasteiger partial charge >= 0.3 is 0 Å². The molecule has 0 aromatic heterocycles. The third-order valence-electron chi connectivity index (χ3n) is 5.41. The summed E-state index contributed by atoms with van der Waals surface area (Å²) in [5.41, 5.74) is 3.59. The molecule has 4 rings (SSSR count). The van der Waals surface area contributed by atoms with Crippen LogP contribution in [-0.4, -0.2) is 18.0 Å². The van der Waals surface area contributed by atoms with Gasteiger partial charge in [-0.05, 0) is 82.9 Å². The molecule has 188 valence electrons. The third kappa shape index (κ3) is 6.71. The molecular weight excluding hydrogens is 583 g/mol. The van der Waals surface area contributed by atoms with E-state index >= 15 is 0 Å². The molecule has 0 unspecified atom stereocenters. The minimum atomic E-state index is -0.252. The molecule has 2 N–H and O–H groups in total. The predicted octanol–water partition coefficient (Wildman–Crippen LogP) is 7.90. The van der Waals surface area contributed by atoms with Crippen LogP contribution in [0.15, 0.2) is 64.0 Å². The van der Waals surface area contributed by atoms with Crippen LogP contribution in [0.3, 0.4) is 0 Å². The van der Waals surface area contributed by atoms with Crippen molar-refractivity contribution in [1.82, 2.24) is 5.32 Å². The number of ether oxygens (including phenoxy) is 2. The first-order chi connectivity index (χ1) is 17.4. The number of rotatable bonds is 9. The predicted molar refractivity (Wildman–Crippen MR) is 153 cm³/mol. The topological polar surface area (TPSA) is 59.6 Å². The lowest BCUT2D eigenvalue weighted by atomic mass is 10.1. The van der Waals surface area contributed by atoms with Crippen molar-refractivity contribution in [1.29, 1.82) is 0 Å². The number of hydrogen-bond acceptors (Lipinski definition) is 5. The van der Waals surface area contributed by atoms with Crippen LogP contribution in [0.1, 0.15) is 30.5 Å². The van der Waals surface area contributed by atoms with E-state index < -0.39 is 0 Å². The molecular formula is C27H25BrCl2N2O3S. The van der Waals surface area contributed by atoms with Crippen LogP contribution in [0, 0.1) is 0 Å². The molecule has 0 saturated carbocycles. The van der Waals surface area contributed by atoms with E-state index in [1.807, 2.05) is 43.3 Å². The van der Waals surface area contributed by atoms with Crippen LogP contribution in [0.4, 0.5) is 5.69 Å². The summed E-state index contributed by atoms with van der Waals surface area (Å²) < 4.78 is 12.6. The Balaban J connectivity index is 1.50. The number of anilines is 1. The van der Waals surface area contributed by atoms with Crippen LogP contribution in [0.25, 0.3) is 6.08 Å². The molecule has 1 saturated heterocycles.